The van der Waals surface area contributed by atoms with Crippen molar-refractivity contribution in [3.8, 4) is 17.1 Å². The molecule has 0 spiro atoms. The van der Waals surface area contributed by atoms with Crippen LogP contribution in [0.5, 0.6) is 5.75 Å². The Morgan fingerprint density at radius 2 is 1.96 bits per heavy atom. The molecule has 1 fully saturated rings. The highest BCUT2D eigenvalue weighted by Gasteiger charge is 2.33. The Balaban J connectivity index is 1.49. The van der Waals surface area contributed by atoms with Crippen LogP contribution in [0.1, 0.15) is 24.1 Å². The molecule has 28 heavy (non-hydrogen) atoms. The lowest BCUT2D eigenvalue weighted by Crippen LogP contribution is -2.33. The summed E-state index contributed by atoms with van der Waals surface area (Å²) in [6.07, 6.45) is 2.23. The lowest BCUT2D eigenvalue weighted by molar-refractivity contribution is -0.131. The second-order valence-electron chi connectivity index (χ2n) is 6.94. The number of para-hydroxylation sites is 1. The van der Waals surface area contributed by atoms with E-state index in [0.717, 1.165) is 24.0 Å². The smallest absolute Gasteiger partial charge is 0.227 e. The van der Waals surface area contributed by atoms with Crippen LogP contribution < -0.4 is 4.74 Å². The summed E-state index contributed by atoms with van der Waals surface area (Å²) in [6.45, 7) is 0.392. The largest absolute Gasteiger partial charge is 0.496 e. The van der Waals surface area contributed by atoms with Gasteiger partial charge in [0.15, 0.2) is 5.76 Å². The Kier molecular flexibility index (Phi) is 5.10. The first-order valence-corrected chi connectivity index (χ1v) is 9.27. The number of carbonyl (C=O) groups excluding carboxylic acids is 1. The number of benzene rings is 2. The highest BCUT2D eigenvalue weighted by Crippen LogP contribution is 2.32. The number of aromatic nitrogens is 1. The zero-order valence-electron chi connectivity index (χ0n) is 15.6. The van der Waals surface area contributed by atoms with Gasteiger partial charge in [-0.2, -0.15) is 0 Å². The molecule has 144 valence electrons. The summed E-state index contributed by atoms with van der Waals surface area (Å²) >= 11 is 0. The van der Waals surface area contributed by atoms with Crippen LogP contribution in [-0.4, -0.2) is 29.1 Å². The third-order valence-corrected chi connectivity index (χ3v) is 4.84. The first-order valence-electron chi connectivity index (χ1n) is 9.27. The van der Waals surface area contributed by atoms with Crippen molar-refractivity contribution in [1.82, 2.24) is 10.1 Å². The number of nitrogens with zero attached hydrogens (tertiary/aromatic N) is 2. The number of carbonyl (C=O) groups is 1. The van der Waals surface area contributed by atoms with E-state index in [1.54, 1.807) is 19.2 Å². The molecule has 0 aliphatic heterocycles. The molecular weight excluding hydrogens is 359 g/mol. The van der Waals surface area contributed by atoms with E-state index in [2.05, 4.69) is 5.16 Å². The molecule has 1 saturated carbocycles. The van der Waals surface area contributed by atoms with Crippen LogP contribution in [0.4, 0.5) is 4.39 Å². The van der Waals surface area contributed by atoms with Gasteiger partial charge in [0.1, 0.15) is 17.3 Å². The third-order valence-electron chi connectivity index (χ3n) is 4.84. The molecule has 0 unspecified atom stereocenters. The highest BCUT2D eigenvalue weighted by atomic mass is 19.1. The summed E-state index contributed by atoms with van der Waals surface area (Å²) in [5.41, 5.74) is 2.31. The molecule has 1 amide bonds. The average molecular weight is 380 g/mol. The Labute approximate surface area is 162 Å². The SMILES string of the molecule is COc1ccccc1-c1cc(CN(C(=O)Cc2ccc(F)cc2)C2CC2)no1. The number of hydrogen-bond donors (Lipinski definition) is 0. The predicted octanol–water partition coefficient (Wildman–Crippen LogP) is 4.22. The summed E-state index contributed by atoms with van der Waals surface area (Å²) in [5.74, 6) is 1.02. The average Bonchev–Trinajstić information content (AvgIpc) is 3.45. The van der Waals surface area contributed by atoms with Gasteiger partial charge in [-0.05, 0) is 42.7 Å². The topological polar surface area (TPSA) is 55.6 Å². The highest BCUT2D eigenvalue weighted by molar-refractivity contribution is 5.79. The van der Waals surface area contributed by atoms with Crippen molar-refractivity contribution >= 4 is 5.91 Å². The minimum Gasteiger partial charge on any atom is -0.496 e. The normalized spacial score (nSPS) is 13.4. The minimum atomic E-state index is -0.304. The summed E-state index contributed by atoms with van der Waals surface area (Å²) in [5, 5.41) is 4.14. The van der Waals surface area contributed by atoms with E-state index in [9.17, 15) is 9.18 Å². The van der Waals surface area contributed by atoms with Gasteiger partial charge in [-0.3, -0.25) is 4.79 Å². The van der Waals surface area contributed by atoms with Crippen molar-refractivity contribution in [2.75, 3.05) is 7.11 Å². The Morgan fingerprint density at radius 3 is 2.68 bits per heavy atom. The summed E-state index contributed by atoms with van der Waals surface area (Å²) in [4.78, 5) is 14.7. The van der Waals surface area contributed by atoms with Crippen LogP contribution in [0.3, 0.4) is 0 Å². The fraction of sp³-hybridized carbons (Fsp3) is 0.273. The number of rotatable bonds is 7. The number of ether oxygens (including phenoxy) is 1. The lowest BCUT2D eigenvalue weighted by Gasteiger charge is -2.21. The zero-order valence-corrected chi connectivity index (χ0v) is 15.6. The maximum absolute atomic E-state index is 13.1. The predicted molar refractivity (Wildman–Crippen MR) is 102 cm³/mol. The van der Waals surface area contributed by atoms with Gasteiger partial charge in [0.25, 0.3) is 0 Å². The Morgan fingerprint density at radius 1 is 1.21 bits per heavy atom. The first kappa shape index (κ1) is 18.2. The van der Waals surface area contributed by atoms with Crippen LogP contribution in [0.2, 0.25) is 0 Å². The summed E-state index contributed by atoms with van der Waals surface area (Å²) < 4.78 is 23.9. The molecule has 1 heterocycles. The third kappa shape index (κ3) is 4.06. The van der Waals surface area contributed by atoms with E-state index in [1.165, 1.54) is 12.1 Å². The second-order valence-corrected chi connectivity index (χ2v) is 6.94. The van der Waals surface area contributed by atoms with Gasteiger partial charge in [-0.15, -0.1) is 0 Å². The van der Waals surface area contributed by atoms with E-state index < -0.39 is 0 Å². The molecule has 1 aliphatic carbocycles. The molecule has 5 nitrogen and oxygen atoms in total. The standard InChI is InChI=1S/C22H21FN2O3/c1-27-20-5-3-2-4-19(20)21-13-17(24-28-21)14-25(18-10-11-18)22(26)12-15-6-8-16(23)9-7-15/h2-9,13,18H,10-12,14H2,1H3. The van der Waals surface area contributed by atoms with Crippen molar-refractivity contribution < 1.29 is 18.4 Å². The van der Waals surface area contributed by atoms with Crippen LogP contribution in [0.25, 0.3) is 11.3 Å². The van der Waals surface area contributed by atoms with Crippen molar-refractivity contribution in [1.29, 1.82) is 0 Å². The van der Waals surface area contributed by atoms with Crippen LogP contribution in [0, 0.1) is 5.82 Å². The van der Waals surface area contributed by atoms with Crippen molar-refractivity contribution in [3.63, 3.8) is 0 Å². The summed E-state index contributed by atoms with van der Waals surface area (Å²) in [7, 11) is 1.61. The molecule has 0 bridgehead atoms. The molecule has 4 rings (SSSR count). The van der Waals surface area contributed by atoms with Crippen LogP contribution in [0.15, 0.2) is 59.1 Å². The van der Waals surface area contributed by atoms with Gasteiger partial charge in [0, 0.05) is 12.1 Å². The number of amides is 1. The molecule has 3 aromatic rings. The summed E-state index contributed by atoms with van der Waals surface area (Å²) in [6, 6.07) is 15.7. The number of hydrogen-bond acceptors (Lipinski definition) is 4. The molecule has 2 aromatic carbocycles. The van der Waals surface area contributed by atoms with Gasteiger partial charge in [-0.1, -0.05) is 29.4 Å². The number of halogens is 1. The van der Waals surface area contributed by atoms with E-state index in [1.807, 2.05) is 35.2 Å². The van der Waals surface area contributed by atoms with E-state index >= 15 is 0 Å². The molecule has 1 aromatic heterocycles. The fourth-order valence-electron chi connectivity index (χ4n) is 3.22. The fourth-order valence-corrected chi connectivity index (χ4v) is 3.22. The Bertz CT molecular complexity index is 964. The van der Waals surface area contributed by atoms with E-state index in [-0.39, 0.29) is 24.2 Å². The second kappa shape index (κ2) is 7.84. The molecular formula is C22H21FN2O3. The number of methoxy groups -OCH3 is 1. The zero-order chi connectivity index (χ0) is 19.5. The molecule has 0 radical (unpaired) electrons. The van der Waals surface area contributed by atoms with Crippen molar-refractivity contribution in [2.24, 2.45) is 0 Å². The van der Waals surface area contributed by atoms with Gasteiger partial charge in [-0.25, -0.2) is 4.39 Å². The minimum absolute atomic E-state index is 0.0101. The van der Waals surface area contributed by atoms with Gasteiger partial charge < -0.3 is 14.2 Å². The van der Waals surface area contributed by atoms with Crippen LogP contribution in [-0.2, 0) is 17.8 Å². The first-order chi connectivity index (χ1) is 13.6. The molecule has 0 saturated heterocycles. The Hall–Kier alpha value is -3.15. The molecule has 6 heteroatoms. The van der Waals surface area contributed by atoms with E-state index in [4.69, 9.17) is 9.26 Å². The maximum Gasteiger partial charge on any atom is 0.227 e. The van der Waals surface area contributed by atoms with Gasteiger partial charge in [0.2, 0.25) is 5.91 Å². The van der Waals surface area contributed by atoms with Gasteiger partial charge in [0.05, 0.1) is 25.6 Å². The van der Waals surface area contributed by atoms with Crippen molar-refractivity contribution in [2.45, 2.75) is 31.8 Å². The van der Waals surface area contributed by atoms with Gasteiger partial charge >= 0.3 is 0 Å². The van der Waals surface area contributed by atoms with E-state index in [0.29, 0.717) is 23.7 Å². The van der Waals surface area contributed by atoms with Crippen molar-refractivity contribution in [3.05, 3.63) is 71.7 Å². The molecule has 0 N–H and O–H groups in total. The lowest BCUT2D eigenvalue weighted by atomic mass is 10.1. The monoisotopic (exact) mass is 380 g/mol. The quantitative estimate of drug-likeness (QED) is 0.616. The molecule has 1 aliphatic rings. The maximum atomic E-state index is 13.1. The van der Waals surface area contributed by atoms with Crippen LogP contribution >= 0.6 is 0 Å². The molecule has 0 atom stereocenters.